The molecule has 0 spiro atoms. The van der Waals surface area contributed by atoms with Crippen LogP contribution in [0.3, 0.4) is 0 Å². The molecular weight excluding hydrogens is 561 g/mol. The van der Waals surface area contributed by atoms with Gasteiger partial charge in [-0.3, -0.25) is 0 Å². The number of thiophene rings is 1. The van der Waals surface area contributed by atoms with Gasteiger partial charge in [-0.1, -0.05) is 103 Å². The van der Waals surface area contributed by atoms with Crippen molar-refractivity contribution in [3.63, 3.8) is 0 Å². The molecule has 3 aromatic heterocycles. The molecule has 0 aliphatic heterocycles. The number of hydrogen-bond acceptors (Lipinski definition) is 6. The molecule has 0 saturated heterocycles. The summed E-state index contributed by atoms with van der Waals surface area (Å²) in [5, 5.41) is 4.51. The van der Waals surface area contributed by atoms with Crippen LogP contribution in [0, 0.1) is 0 Å². The first-order valence-corrected chi connectivity index (χ1v) is 15.2. The molecule has 6 heteroatoms. The Morgan fingerprint density at radius 2 is 1.14 bits per heavy atom. The maximum atomic E-state index is 6.42. The zero-order valence-electron chi connectivity index (χ0n) is 23.3. The van der Waals surface area contributed by atoms with E-state index in [9.17, 15) is 0 Å². The third-order valence-corrected chi connectivity index (χ3v) is 9.06. The standard InChI is InChI=1S/C38H22N4OS/c1-3-12-24(13-4-1)35-40-36(27-20-19-23-11-7-8-16-26(23)21-27)42-37(41-35)33-32-28-17-9-10-18-30(28)44-31(32)22-29-34(33)39-38(43-29)25-14-5-2-6-15-25/h1-22H. The maximum Gasteiger partial charge on any atom is 0.227 e. The Balaban J connectivity index is 1.38. The molecule has 0 aliphatic carbocycles. The average Bonchev–Trinajstić information content (AvgIpc) is 3.69. The van der Waals surface area contributed by atoms with Crippen LogP contribution in [0.4, 0.5) is 0 Å². The number of fused-ring (bicyclic) bond motifs is 5. The number of nitrogens with zero attached hydrogens (tertiary/aromatic N) is 4. The lowest BCUT2D eigenvalue weighted by Gasteiger charge is -2.10. The van der Waals surface area contributed by atoms with Crippen molar-refractivity contribution in [1.82, 2.24) is 19.9 Å². The van der Waals surface area contributed by atoms with Gasteiger partial charge in [0, 0.05) is 42.9 Å². The number of oxazole rings is 1. The van der Waals surface area contributed by atoms with Crippen molar-refractivity contribution in [3.05, 3.63) is 133 Å². The van der Waals surface area contributed by atoms with Crippen LogP contribution in [0.2, 0.25) is 0 Å². The first kappa shape index (κ1) is 24.8. The monoisotopic (exact) mass is 582 g/mol. The Morgan fingerprint density at radius 1 is 0.477 bits per heavy atom. The van der Waals surface area contributed by atoms with E-state index in [0.29, 0.717) is 28.9 Å². The minimum Gasteiger partial charge on any atom is -0.436 e. The molecule has 9 rings (SSSR count). The molecular formula is C38H22N4OS. The van der Waals surface area contributed by atoms with Crippen LogP contribution in [0.5, 0.6) is 0 Å². The number of hydrogen-bond donors (Lipinski definition) is 0. The Morgan fingerprint density at radius 3 is 1.95 bits per heavy atom. The Hall–Kier alpha value is -5.72. The van der Waals surface area contributed by atoms with E-state index in [4.69, 9.17) is 24.4 Å². The first-order chi connectivity index (χ1) is 21.8. The summed E-state index contributed by atoms with van der Waals surface area (Å²) < 4.78 is 8.71. The topological polar surface area (TPSA) is 64.7 Å². The fraction of sp³-hybridized carbons (Fsp3) is 0. The van der Waals surface area contributed by atoms with Crippen molar-refractivity contribution in [2.45, 2.75) is 0 Å². The van der Waals surface area contributed by atoms with E-state index in [1.807, 2.05) is 66.7 Å². The molecule has 0 radical (unpaired) electrons. The third kappa shape index (κ3) is 4.07. The smallest absolute Gasteiger partial charge is 0.227 e. The zero-order valence-corrected chi connectivity index (χ0v) is 24.1. The average molecular weight is 583 g/mol. The lowest BCUT2D eigenvalue weighted by Crippen LogP contribution is -2.01. The zero-order chi connectivity index (χ0) is 29.0. The van der Waals surface area contributed by atoms with Gasteiger partial charge in [0.25, 0.3) is 0 Å². The Labute approximate surface area is 256 Å². The highest BCUT2D eigenvalue weighted by molar-refractivity contribution is 7.26. The van der Waals surface area contributed by atoms with Crippen molar-refractivity contribution in [3.8, 4) is 45.6 Å². The second kappa shape index (κ2) is 9.93. The molecule has 6 aromatic carbocycles. The van der Waals surface area contributed by atoms with E-state index in [1.54, 1.807) is 11.3 Å². The van der Waals surface area contributed by atoms with Crippen molar-refractivity contribution >= 4 is 53.4 Å². The summed E-state index contributed by atoms with van der Waals surface area (Å²) in [6.45, 7) is 0. The molecule has 9 aromatic rings. The maximum absolute atomic E-state index is 6.42. The quantitative estimate of drug-likeness (QED) is 0.207. The van der Waals surface area contributed by atoms with E-state index < -0.39 is 0 Å². The van der Waals surface area contributed by atoms with E-state index in [0.717, 1.165) is 48.6 Å². The summed E-state index contributed by atoms with van der Waals surface area (Å²) in [7, 11) is 0. The highest BCUT2D eigenvalue weighted by atomic mass is 32.1. The van der Waals surface area contributed by atoms with Crippen molar-refractivity contribution in [2.24, 2.45) is 0 Å². The van der Waals surface area contributed by atoms with Gasteiger partial charge in [0.15, 0.2) is 23.1 Å². The van der Waals surface area contributed by atoms with Crippen LogP contribution in [-0.2, 0) is 0 Å². The second-order valence-corrected chi connectivity index (χ2v) is 11.8. The summed E-state index contributed by atoms with van der Waals surface area (Å²) in [5.41, 5.74) is 5.04. The van der Waals surface area contributed by atoms with Crippen molar-refractivity contribution in [2.75, 3.05) is 0 Å². The largest absolute Gasteiger partial charge is 0.436 e. The van der Waals surface area contributed by atoms with Gasteiger partial charge in [-0.25, -0.2) is 19.9 Å². The Bertz CT molecular complexity index is 2500. The fourth-order valence-electron chi connectivity index (χ4n) is 5.85. The molecule has 0 saturated carbocycles. The lowest BCUT2D eigenvalue weighted by molar-refractivity contribution is 0.620. The predicted octanol–water partition coefficient (Wildman–Crippen LogP) is 10.2. The summed E-state index contributed by atoms with van der Waals surface area (Å²) in [4.78, 5) is 20.4. The van der Waals surface area contributed by atoms with Gasteiger partial charge in [-0.2, -0.15) is 0 Å². The molecule has 0 bridgehead atoms. The van der Waals surface area contributed by atoms with Crippen LogP contribution < -0.4 is 0 Å². The SMILES string of the molecule is c1ccc(-c2nc(-c3ccc4ccccc4c3)nc(-c3c4nc(-c5ccccc5)oc4cc4sc5ccccc5c34)n2)cc1. The van der Waals surface area contributed by atoms with Gasteiger partial charge in [0.1, 0.15) is 5.52 Å². The minimum absolute atomic E-state index is 0.564. The number of aromatic nitrogens is 4. The van der Waals surface area contributed by atoms with Crippen molar-refractivity contribution < 1.29 is 4.42 Å². The molecule has 3 heterocycles. The van der Waals surface area contributed by atoms with E-state index >= 15 is 0 Å². The fourth-order valence-corrected chi connectivity index (χ4v) is 7.00. The van der Waals surface area contributed by atoms with Gasteiger partial charge in [-0.15, -0.1) is 11.3 Å². The van der Waals surface area contributed by atoms with Gasteiger partial charge in [0.2, 0.25) is 5.89 Å². The molecule has 44 heavy (non-hydrogen) atoms. The first-order valence-electron chi connectivity index (χ1n) is 14.4. The molecule has 0 amide bonds. The van der Waals surface area contributed by atoms with Gasteiger partial charge in [0.05, 0.1) is 5.56 Å². The molecule has 0 atom stereocenters. The summed E-state index contributed by atoms with van der Waals surface area (Å²) in [6, 6.07) is 45.3. The normalized spacial score (nSPS) is 11.6. The van der Waals surface area contributed by atoms with Crippen molar-refractivity contribution in [1.29, 1.82) is 0 Å². The van der Waals surface area contributed by atoms with Crippen LogP contribution >= 0.6 is 11.3 Å². The van der Waals surface area contributed by atoms with E-state index in [1.165, 1.54) is 10.1 Å². The molecule has 5 nitrogen and oxygen atoms in total. The number of benzene rings is 6. The Kier molecular flexibility index (Phi) is 5.61. The van der Waals surface area contributed by atoms with Gasteiger partial charge < -0.3 is 4.42 Å². The van der Waals surface area contributed by atoms with Crippen LogP contribution in [0.25, 0.3) is 87.7 Å². The second-order valence-electron chi connectivity index (χ2n) is 10.7. The highest BCUT2D eigenvalue weighted by Gasteiger charge is 2.23. The molecule has 0 unspecified atom stereocenters. The third-order valence-electron chi connectivity index (χ3n) is 7.94. The highest BCUT2D eigenvalue weighted by Crippen LogP contribution is 2.44. The molecule has 206 valence electrons. The molecule has 0 N–H and O–H groups in total. The van der Waals surface area contributed by atoms with Gasteiger partial charge in [-0.05, 0) is 35.0 Å². The van der Waals surface area contributed by atoms with Crippen LogP contribution in [-0.4, -0.2) is 19.9 Å². The van der Waals surface area contributed by atoms with E-state index in [-0.39, 0.29) is 0 Å². The minimum atomic E-state index is 0.564. The summed E-state index contributed by atoms with van der Waals surface area (Å²) in [6.07, 6.45) is 0. The molecule has 0 fully saturated rings. The van der Waals surface area contributed by atoms with E-state index in [2.05, 4.69) is 66.7 Å². The van der Waals surface area contributed by atoms with Gasteiger partial charge >= 0.3 is 0 Å². The lowest BCUT2D eigenvalue weighted by atomic mass is 10.0. The van der Waals surface area contributed by atoms with Crippen LogP contribution in [0.1, 0.15) is 0 Å². The predicted molar refractivity (Wildman–Crippen MR) is 180 cm³/mol. The molecule has 0 aliphatic rings. The summed E-state index contributed by atoms with van der Waals surface area (Å²) in [5.74, 6) is 2.34. The van der Waals surface area contributed by atoms with Crippen LogP contribution in [0.15, 0.2) is 138 Å². The number of rotatable bonds is 4. The summed E-state index contributed by atoms with van der Waals surface area (Å²) >= 11 is 1.73.